The Bertz CT molecular complexity index is 475. The van der Waals surface area contributed by atoms with E-state index in [-0.39, 0.29) is 0 Å². The molecule has 2 atom stereocenters. The highest BCUT2D eigenvalue weighted by Gasteiger charge is 2.37. The molecule has 2 aliphatic rings. The zero-order valence-corrected chi connectivity index (χ0v) is 11.9. The van der Waals surface area contributed by atoms with Crippen LogP contribution in [0.3, 0.4) is 0 Å². The smallest absolute Gasteiger partial charge is 0.142 e. The number of nitrogens with one attached hydrogen (secondary N) is 1. The Morgan fingerprint density at radius 2 is 1.95 bits per heavy atom. The third-order valence-corrected chi connectivity index (χ3v) is 4.47. The lowest BCUT2D eigenvalue weighted by atomic mass is 9.77. The molecule has 0 aliphatic carbocycles. The van der Waals surface area contributed by atoms with Gasteiger partial charge < -0.3 is 19.7 Å². The van der Waals surface area contributed by atoms with Gasteiger partial charge in [-0.3, -0.25) is 0 Å². The average Bonchev–Trinajstić information content (AvgIpc) is 2.46. The predicted molar refractivity (Wildman–Crippen MR) is 76.5 cm³/mol. The fraction of sp³-hybridized carbons (Fsp3) is 0.600. The maximum absolute atomic E-state index is 5.60. The molecule has 3 rings (SSSR count). The summed E-state index contributed by atoms with van der Waals surface area (Å²) in [6.07, 6.45) is 1.23. The lowest BCUT2D eigenvalue weighted by molar-refractivity contribution is 0.301. The largest absolute Gasteiger partial charge is 0.496 e. The van der Waals surface area contributed by atoms with Crippen LogP contribution in [-0.4, -0.2) is 40.9 Å². The molecule has 104 valence electrons. The number of piperidine rings is 1. The number of ether oxygens (including phenoxy) is 2. The van der Waals surface area contributed by atoms with Crippen molar-refractivity contribution in [3.05, 3.63) is 17.7 Å². The lowest BCUT2D eigenvalue weighted by Crippen LogP contribution is -2.44. The molecular formula is C15H22N2O2. The van der Waals surface area contributed by atoms with Crippen LogP contribution >= 0.6 is 0 Å². The standard InChI is InChI=1S/C15H22N2O2/c1-17-9-10-6-7-16-8-11(10)14-12(18-2)4-5-13(19-3)15(14)17/h4-5,10-11,16H,6-9H2,1-3H3. The second kappa shape index (κ2) is 4.93. The Balaban J connectivity index is 2.15. The number of nitrogens with zero attached hydrogens (tertiary/aromatic N) is 1. The van der Waals surface area contributed by atoms with Gasteiger partial charge in [0.15, 0.2) is 0 Å². The molecule has 4 nitrogen and oxygen atoms in total. The number of anilines is 1. The second-order valence-electron chi connectivity index (χ2n) is 5.47. The van der Waals surface area contributed by atoms with Gasteiger partial charge in [-0.05, 0) is 31.0 Å². The van der Waals surface area contributed by atoms with Crippen LogP contribution in [0.5, 0.6) is 11.5 Å². The molecule has 0 aromatic heterocycles. The number of methoxy groups -OCH3 is 2. The topological polar surface area (TPSA) is 33.7 Å². The maximum Gasteiger partial charge on any atom is 0.142 e. The van der Waals surface area contributed by atoms with Gasteiger partial charge in [-0.1, -0.05) is 0 Å². The quantitative estimate of drug-likeness (QED) is 0.882. The van der Waals surface area contributed by atoms with Crippen molar-refractivity contribution in [1.29, 1.82) is 0 Å². The molecule has 0 saturated carbocycles. The highest BCUT2D eigenvalue weighted by atomic mass is 16.5. The predicted octanol–water partition coefficient (Wildman–Crippen LogP) is 1.85. The minimum Gasteiger partial charge on any atom is -0.496 e. The Morgan fingerprint density at radius 3 is 2.68 bits per heavy atom. The SMILES string of the molecule is COc1ccc(OC)c2c1C1CNCCC1CN2C. The molecule has 0 radical (unpaired) electrons. The highest BCUT2D eigenvalue weighted by Crippen LogP contribution is 2.49. The summed E-state index contributed by atoms with van der Waals surface area (Å²) in [6.45, 7) is 3.26. The summed E-state index contributed by atoms with van der Waals surface area (Å²) in [4.78, 5) is 2.32. The summed E-state index contributed by atoms with van der Waals surface area (Å²) in [6, 6.07) is 4.03. The van der Waals surface area contributed by atoms with Gasteiger partial charge in [0, 0.05) is 31.6 Å². The van der Waals surface area contributed by atoms with E-state index in [0.717, 1.165) is 31.1 Å². The van der Waals surface area contributed by atoms with Crippen molar-refractivity contribution in [2.75, 3.05) is 45.8 Å². The molecule has 2 heterocycles. The van der Waals surface area contributed by atoms with Crippen LogP contribution in [-0.2, 0) is 0 Å². The second-order valence-corrected chi connectivity index (χ2v) is 5.47. The zero-order valence-electron chi connectivity index (χ0n) is 11.9. The lowest BCUT2D eigenvalue weighted by Gasteiger charge is -2.43. The van der Waals surface area contributed by atoms with E-state index in [0.29, 0.717) is 11.8 Å². The molecule has 2 aliphatic heterocycles. The van der Waals surface area contributed by atoms with Crippen molar-refractivity contribution in [2.24, 2.45) is 5.92 Å². The van der Waals surface area contributed by atoms with Crippen molar-refractivity contribution in [3.63, 3.8) is 0 Å². The fourth-order valence-electron chi connectivity index (χ4n) is 3.58. The minimum atomic E-state index is 0.532. The van der Waals surface area contributed by atoms with Crippen LogP contribution in [0, 0.1) is 5.92 Å². The first kappa shape index (κ1) is 12.6. The van der Waals surface area contributed by atoms with Crippen LogP contribution in [0.2, 0.25) is 0 Å². The van der Waals surface area contributed by atoms with E-state index in [1.54, 1.807) is 14.2 Å². The van der Waals surface area contributed by atoms with Crippen LogP contribution in [0.1, 0.15) is 17.9 Å². The van der Waals surface area contributed by atoms with Crippen LogP contribution in [0.4, 0.5) is 5.69 Å². The van der Waals surface area contributed by atoms with Crippen molar-refractivity contribution in [2.45, 2.75) is 12.3 Å². The van der Waals surface area contributed by atoms with Gasteiger partial charge in [0.05, 0.1) is 19.9 Å². The summed E-state index contributed by atoms with van der Waals surface area (Å²) < 4.78 is 11.1. The number of hydrogen-bond acceptors (Lipinski definition) is 4. The Kier molecular flexibility index (Phi) is 3.27. The van der Waals surface area contributed by atoms with Gasteiger partial charge in [0.1, 0.15) is 11.5 Å². The molecule has 1 aromatic rings. The summed E-state index contributed by atoms with van der Waals surface area (Å²) in [5.41, 5.74) is 2.51. The van der Waals surface area contributed by atoms with Gasteiger partial charge in [-0.15, -0.1) is 0 Å². The number of benzene rings is 1. The van der Waals surface area contributed by atoms with Crippen LogP contribution in [0.15, 0.2) is 12.1 Å². The van der Waals surface area contributed by atoms with Crippen molar-refractivity contribution < 1.29 is 9.47 Å². The van der Waals surface area contributed by atoms with Crippen molar-refractivity contribution in [1.82, 2.24) is 5.32 Å². The number of rotatable bonds is 2. The van der Waals surface area contributed by atoms with E-state index in [1.165, 1.54) is 17.7 Å². The Morgan fingerprint density at radius 1 is 1.21 bits per heavy atom. The van der Waals surface area contributed by atoms with Crippen LogP contribution < -0.4 is 19.7 Å². The molecule has 19 heavy (non-hydrogen) atoms. The normalized spacial score (nSPS) is 25.5. The molecule has 1 fully saturated rings. The molecular weight excluding hydrogens is 240 g/mol. The first-order chi connectivity index (χ1) is 9.26. The summed E-state index contributed by atoms with van der Waals surface area (Å²) in [5.74, 6) is 3.17. The van der Waals surface area contributed by atoms with Gasteiger partial charge in [-0.25, -0.2) is 0 Å². The number of hydrogen-bond donors (Lipinski definition) is 1. The molecule has 0 spiro atoms. The molecule has 1 N–H and O–H groups in total. The van der Waals surface area contributed by atoms with E-state index in [4.69, 9.17) is 9.47 Å². The molecule has 1 aromatic carbocycles. The van der Waals surface area contributed by atoms with Crippen molar-refractivity contribution >= 4 is 5.69 Å². The average molecular weight is 262 g/mol. The van der Waals surface area contributed by atoms with E-state index in [9.17, 15) is 0 Å². The third-order valence-electron chi connectivity index (χ3n) is 4.47. The van der Waals surface area contributed by atoms with Crippen molar-refractivity contribution in [3.8, 4) is 11.5 Å². The Labute approximate surface area is 114 Å². The molecule has 1 saturated heterocycles. The number of fused-ring (bicyclic) bond motifs is 3. The Hall–Kier alpha value is -1.42. The first-order valence-electron chi connectivity index (χ1n) is 6.93. The highest BCUT2D eigenvalue weighted by molar-refractivity contribution is 5.70. The minimum absolute atomic E-state index is 0.532. The maximum atomic E-state index is 5.60. The van der Waals surface area contributed by atoms with Gasteiger partial charge >= 0.3 is 0 Å². The summed E-state index contributed by atoms with van der Waals surface area (Å²) >= 11 is 0. The summed E-state index contributed by atoms with van der Waals surface area (Å²) in [5, 5.41) is 3.51. The first-order valence-corrected chi connectivity index (χ1v) is 6.93. The monoisotopic (exact) mass is 262 g/mol. The fourth-order valence-corrected chi connectivity index (χ4v) is 3.58. The van der Waals surface area contributed by atoms with E-state index in [1.807, 2.05) is 12.1 Å². The van der Waals surface area contributed by atoms with E-state index >= 15 is 0 Å². The zero-order chi connectivity index (χ0) is 13.4. The van der Waals surface area contributed by atoms with E-state index in [2.05, 4.69) is 17.3 Å². The van der Waals surface area contributed by atoms with Crippen LogP contribution in [0.25, 0.3) is 0 Å². The molecule has 4 heteroatoms. The molecule has 0 amide bonds. The van der Waals surface area contributed by atoms with Gasteiger partial charge in [0.2, 0.25) is 0 Å². The van der Waals surface area contributed by atoms with Gasteiger partial charge in [0.25, 0.3) is 0 Å². The molecule has 2 unspecified atom stereocenters. The van der Waals surface area contributed by atoms with E-state index < -0.39 is 0 Å². The summed E-state index contributed by atoms with van der Waals surface area (Å²) in [7, 11) is 5.64. The third kappa shape index (κ3) is 1.94. The van der Waals surface area contributed by atoms with Gasteiger partial charge in [-0.2, -0.15) is 0 Å². The molecule has 0 bridgehead atoms.